The van der Waals surface area contributed by atoms with Crippen molar-refractivity contribution in [3.8, 4) is 0 Å². The molecular weight excluding hydrogens is 304 g/mol. The molecule has 1 aliphatic carbocycles. The van der Waals surface area contributed by atoms with E-state index in [2.05, 4.69) is 6.07 Å². The lowest BCUT2D eigenvalue weighted by molar-refractivity contribution is -0.137. The fourth-order valence-corrected chi connectivity index (χ4v) is 3.13. The van der Waals surface area contributed by atoms with Gasteiger partial charge in [-0.3, -0.25) is 14.6 Å². The van der Waals surface area contributed by atoms with Crippen molar-refractivity contribution in [3.05, 3.63) is 40.6 Å². The number of hydrogen-bond donors (Lipinski definition) is 1. The average molecular weight is 326 g/mol. The summed E-state index contributed by atoms with van der Waals surface area (Å²) in [5.74, 6) is -0.811. The molecule has 5 heteroatoms. The highest BCUT2D eigenvalue weighted by Gasteiger charge is 2.28. The SMILES string of the molecule is CCN(CC(=O)O)C(=O)c1cc(C2CC2)nc2c(C)cc(C)cc12. The van der Waals surface area contributed by atoms with Gasteiger partial charge in [-0.05, 0) is 51.3 Å². The number of pyridine rings is 1. The van der Waals surface area contributed by atoms with Gasteiger partial charge in [0.15, 0.2) is 0 Å². The zero-order valence-electron chi connectivity index (χ0n) is 14.3. The predicted octanol–water partition coefficient (Wildman–Crippen LogP) is 3.28. The first kappa shape index (κ1) is 16.4. The molecule has 1 aliphatic rings. The number of rotatable bonds is 5. The largest absolute Gasteiger partial charge is 0.480 e. The van der Waals surface area contributed by atoms with Crippen LogP contribution in [0, 0.1) is 13.8 Å². The molecular formula is C19H22N2O3. The first-order chi connectivity index (χ1) is 11.4. The summed E-state index contributed by atoms with van der Waals surface area (Å²) in [5, 5.41) is 9.87. The molecule has 24 heavy (non-hydrogen) atoms. The normalized spacial score (nSPS) is 14.0. The van der Waals surface area contributed by atoms with Crippen LogP contribution in [-0.2, 0) is 4.79 Å². The fraction of sp³-hybridized carbons (Fsp3) is 0.421. The first-order valence-corrected chi connectivity index (χ1v) is 8.33. The summed E-state index contributed by atoms with van der Waals surface area (Å²) in [7, 11) is 0. The van der Waals surface area contributed by atoms with Crippen molar-refractivity contribution in [1.82, 2.24) is 9.88 Å². The van der Waals surface area contributed by atoms with E-state index in [1.807, 2.05) is 26.0 Å². The van der Waals surface area contributed by atoms with E-state index in [9.17, 15) is 9.59 Å². The number of fused-ring (bicyclic) bond motifs is 1. The number of hydrogen-bond acceptors (Lipinski definition) is 3. The topological polar surface area (TPSA) is 70.5 Å². The van der Waals surface area contributed by atoms with E-state index in [4.69, 9.17) is 10.1 Å². The van der Waals surface area contributed by atoms with Gasteiger partial charge in [0.05, 0.1) is 11.1 Å². The van der Waals surface area contributed by atoms with Gasteiger partial charge in [0.2, 0.25) is 0 Å². The molecule has 0 saturated heterocycles. The molecule has 3 rings (SSSR count). The number of carboxylic acids is 1. The fourth-order valence-electron chi connectivity index (χ4n) is 3.13. The number of carbonyl (C=O) groups is 2. The molecule has 0 radical (unpaired) electrons. The van der Waals surface area contributed by atoms with Crippen LogP contribution in [-0.4, -0.2) is 40.0 Å². The van der Waals surface area contributed by atoms with Crippen molar-refractivity contribution in [1.29, 1.82) is 0 Å². The molecule has 0 spiro atoms. The molecule has 1 aromatic carbocycles. The van der Waals surface area contributed by atoms with Crippen molar-refractivity contribution in [2.24, 2.45) is 0 Å². The van der Waals surface area contributed by atoms with Crippen LogP contribution in [0.25, 0.3) is 10.9 Å². The van der Waals surface area contributed by atoms with Crippen LogP contribution in [0.1, 0.15) is 52.9 Å². The van der Waals surface area contributed by atoms with Crippen molar-refractivity contribution in [3.63, 3.8) is 0 Å². The van der Waals surface area contributed by atoms with Crippen molar-refractivity contribution in [2.45, 2.75) is 39.5 Å². The molecule has 0 unspecified atom stereocenters. The summed E-state index contributed by atoms with van der Waals surface area (Å²) in [6.07, 6.45) is 2.20. The summed E-state index contributed by atoms with van der Waals surface area (Å²) in [5.41, 5.74) is 4.47. The highest BCUT2D eigenvalue weighted by Crippen LogP contribution is 2.40. The maximum absolute atomic E-state index is 13.0. The second-order valence-corrected chi connectivity index (χ2v) is 6.56. The minimum atomic E-state index is -1.00. The molecule has 1 amide bonds. The Morgan fingerprint density at radius 3 is 2.54 bits per heavy atom. The number of carbonyl (C=O) groups excluding carboxylic acids is 1. The molecule has 0 bridgehead atoms. The molecule has 0 aliphatic heterocycles. The number of aliphatic carboxylic acids is 1. The molecule has 1 aromatic heterocycles. The Kier molecular flexibility index (Phi) is 4.26. The lowest BCUT2D eigenvalue weighted by atomic mass is 10.00. The summed E-state index contributed by atoms with van der Waals surface area (Å²) < 4.78 is 0. The van der Waals surface area contributed by atoms with E-state index >= 15 is 0 Å². The number of aromatic nitrogens is 1. The molecule has 1 heterocycles. The van der Waals surface area contributed by atoms with Gasteiger partial charge in [0.25, 0.3) is 5.91 Å². The Balaban J connectivity index is 2.17. The van der Waals surface area contributed by atoms with Gasteiger partial charge in [-0.15, -0.1) is 0 Å². The van der Waals surface area contributed by atoms with E-state index < -0.39 is 5.97 Å². The summed E-state index contributed by atoms with van der Waals surface area (Å²) in [4.78, 5) is 30.2. The highest BCUT2D eigenvalue weighted by molar-refractivity contribution is 6.07. The molecule has 0 atom stereocenters. The maximum atomic E-state index is 13.0. The van der Waals surface area contributed by atoms with Gasteiger partial charge in [0.1, 0.15) is 6.54 Å². The summed E-state index contributed by atoms with van der Waals surface area (Å²) >= 11 is 0. The van der Waals surface area contributed by atoms with Gasteiger partial charge in [-0.25, -0.2) is 0 Å². The molecule has 1 saturated carbocycles. The minimum absolute atomic E-state index is 0.237. The highest BCUT2D eigenvalue weighted by atomic mass is 16.4. The van der Waals surface area contributed by atoms with Crippen LogP contribution in [0.15, 0.2) is 18.2 Å². The van der Waals surface area contributed by atoms with E-state index in [-0.39, 0.29) is 12.5 Å². The number of likely N-dealkylation sites (N-methyl/N-ethyl adjacent to an activating group) is 1. The second-order valence-electron chi connectivity index (χ2n) is 6.56. The molecule has 5 nitrogen and oxygen atoms in total. The number of carboxylic acid groups (broad SMARTS) is 1. The smallest absolute Gasteiger partial charge is 0.323 e. The number of aryl methyl sites for hydroxylation is 2. The van der Waals surface area contributed by atoms with E-state index in [1.165, 1.54) is 4.90 Å². The van der Waals surface area contributed by atoms with Gasteiger partial charge in [-0.1, -0.05) is 11.6 Å². The van der Waals surface area contributed by atoms with Gasteiger partial charge in [0, 0.05) is 23.5 Å². The third kappa shape index (κ3) is 3.11. The zero-order valence-corrected chi connectivity index (χ0v) is 14.3. The van der Waals surface area contributed by atoms with E-state index in [0.29, 0.717) is 18.0 Å². The lowest BCUT2D eigenvalue weighted by Crippen LogP contribution is -2.35. The third-order valence-corrected chi connectivity index (χ3v) is 4.49. The molecule has 1 fully saturated rings. The summed E-state index contributed by atoms with van der Waals surface area (Å²) in [6.45, 7) is 5.86. The Labute approximate surface area is 141 Å². The van der Waals surface area contributed by atoms with Crippen LogP contribution < -0.4 is 0 Å². The Hall–Kier alpha value is -2.43. The van der Waals surface area contributed by atoms with Crippen molar-refractivity contribution >= 4 is 22.8 Å². The van der Waals surface area contributed by atoms with Crippen LogP contribution in [0.4, 0.5) is 0 Å². The first-order valence-electron chi connectivity index (χ1n) is 8.33. The molecule has 1 N–H and O–H groups in total. The van der Waals surface area contributed by atoms with Crippen molar-refractivity contribution < 1.29 is 14.7 Å². The van der Waals surface area contributed by atoms with Crippen LogP contribution in [0.2, 0.25) is 0 Å². The monoisotopic (exact) mass is 326 g/mol. The van der Waals surface area contributed by atoms with Gasteiger partial charge < -0.3 is 10.0 Å². The quantitative estimate of drug-likeness (QED) is 0.915. The standard InChI is InChI=1S/C19H22N2O3/c1-4-21(10-17(22)23)19(24)15-9-16(13-5-6-13)20-18-12(3)7-11(2)8-14(15)18/h7-9,13H,4-6,10H2,1-3H3,(H,22,23). The molecule has 2 aromatic rings. The number of amides is 1. The van der Waals surface area contributed by atoms with Crippen LogP contribution >= 0.6 is 0 Å². The lowest BCUT2D eigenvalue weighted by Gasteiger charge is -2.20. The van der Waals surface area contributed by atoms with Crippen LogP contribution in [0.3, 0.4) is 0 Å². The maximum Gasteiger partial charge on any atom is 0.323 e. The molecule has 126 valence electrons. The average Bonchev–Trinajstić information content (AvgIpc) is 3.35. The second kappa shape index (κ2) is 6.23. The number of benzene rings is 1. The van der Waals surface area contributed by atoms with Gasteiger partial charge in [-0.2, -0.15) is 0 Å². The van der Waals surface area contributed by atoms with Crippen LogP contribution in [0.5, 0.6) is 0 Å². The Morgan fingerprint density at radius 1 is 1.25 bits per heavy atom. The predicted molar refractivity (Wildman–Crippen MR) is 92.4 cm³/mol. The Bertz CT molecular complexity index is 825. The van der Waals surface area contributed by atoms with E-state index in [0.717, 1.165) is 40.6 Å². The Morgan fingerprint density at radius 2 is 1.96 bits per heavy atom. The van der Waals surface area contributed by atoms with E-state index in [1.54, 1.807) is 6.92 Å². The third-order valence-electron chi connectivity index (χ3n) is 4.49. The van der Waals surface area contributed by atoms with Crippen molar-refractivity contribution in [2.75, 3.05) is 13.1 Å². The summed E-state index contributed by atoms with van der Waals surface area (Å²) in [6, 6.07) is 5.90. The van der Waals surface area contributed by atoms with Gasteiger partial charge >= 0.3 is 5.97 Å². The minimum Gasteiger partial charge on any atom is -0.480 e. The number of nitrogens with zero attached hydrogens (tertiary/aromatic N) is 2. The zero-order chi connectivity index (χ0) is 17.4.